The van der Waals surface area contributed by atoms with Gasteiger partial charge in [0.05, 0.1) is 10.6 Å². The molecule has 2 N–H and O–H groups in total. The van der Waals surface area contributed by atoms with Crippen molar-refractivity contribution < 1.29 is 9.90 Å². The first-order chi connectivity index (χ1) is 8.06. The summed E-state index contributed by atoms with van der Waals surface area (Å²) < 4.78 is 0. The average Bonchev–Trinajstić information content (AvgIpc) is 2.28. The molecule has 0 aromatic carbocycles. The van der Waals surface area contributed by atoms with Crippen LogP contribution in [0.2, 0.25) is 5.02 Å². The number of unbranched alkanes of at least 4 members (excludes halogenated alkanes) is 1. The second-order valence-electron chi connectivity index (χ2n) is 4.01. The molecule has 0 radical (unpaired) electrons. The molecule has 4 nitrogen and oxygen atoms in total. The summed E-state index contributed by atoms with van der Waals surface area (Å²) in [6.45, 7) is 4.16. The Labute approximate surface area is 106 Å². The van der Waals surface area contributed by atoms with Crippen LogP contribution < -0.4 is 5.32 Å². The lowest BCUT2D eigenvalue weighted by Gasteiger charge is -2.15. The lowest BCUT2D eigenvalue weighted by molar-refractivity contribution is 0.0697. The highest BCUT2D eigenvalue weighted by molar-refractivity contribution is 6.35. The highest BCUT2D eigenvalue weighted by Crippen LogP contribution is 2.24. The first-order valence-electron chi connectivity index (χ1n) is 5.70. The molecule has 0 saturated heterocycles. The van der Waals surface area contributed by atoms with Gasteiger partial charge in [0.15, 0.2) is 0 Å². The molecule has 0 aliphatic carbocycles. The van der Waals surface area contributed by atoms with Crippen molar-refractivity contribution in [3.05, 3.63) is 22.8 Å². The van der Waals surface area contributed by atoms with E-state index in [0.717, 1.165) is 19.3 Å². The monoisotopic (exact) mass is 256 g/mol. The summed E-state index contributed by atoms with van der Waals surface area (Å²) in [6.07, 6.45) is 4.70. The number of halogens is 1. The van der Waals surface area contributed by atoms with Crippen LogP contribution in [0, 0.1) is 0 Å². The van der Waals surface area contributed by atoms with E-state index in [4.69, 9.17) is 16.7 Å². The zero-order chi connectivity index (χ0) is 12.8. The van der Waals surface area contributed by atoms with Crippen molar-refractivity contribution in [2.24, 2.45) is 0 Å². The van der Waals surface area contributed by atoms with Gasteiger partial charge in [0.2, 0.25) is 0 Å². The lowest BCUT2D eigenvalue weighted by atomic mass is 10.1. The van der Waals surface area contributed by atoms with E-state index < -0.39 is 5.97 Å². The van der Waals surface area contributed by atoms with Crippen molar-refractivity contribution in [1.29, 1.82) is 0 Å². The molecule has 1 unspecified atom stereocenters. The first kappa shape index (κ1) is 13.8. The minimum absolute atomic E-state index is 0.0758. The maximum Gasteiger partial charge on any atom is 0.337 e. The Hall–Kier alpha value is -1.29. The highest BCUT2D eigenvalue weighted by atomic mass is 35.5. The Kier molecular flexibility index (Phi) is 5.22. The van der Waals surface area contributed by atoms with Crippen LogP contribution in [0.5, 0.6) is 0 Å². The van der Waals surface area contributed by atoms with E-state index in [1.54, 1.807) is 0 Å². The van der Waals surface area contributed by atoms with Crippen molar-refractivity contribution in [2.45, 2.75) is 39.2 Å². The molecule has 17 heavy (non-hydrogen) atoms. The molecule has 1 aromatic rings. The fourth-order valence-electron chi connectivity index (χ4n) is 1.53. The summed E-state index contributed by atoms with van der Waals surface area (Å²) >= 11 is 5.98. The fourth-order valence-corrected chi connectivity index (χ4v) is 1.77. The summed E-state index contributed by atoms with van der Waals surface area (Å²) in [4.78, 5) is 15.0. The van der Waals surface area contributed by atoms with Gasteiger partial charge in [-0.05, 0) is 19.4 Å². The maximum absolute atomic E-state index is 10.9. The summed E-state index contributed by atoms with van der Waals surface area (Å²) in [6, 6.07) is 1.62. The molecule has 0 fully saturated rings. The van der Waals surface area contributed by atoms with Gasteiger partial charge in [-0.25, -0.2) is 9.78 Å². The van der Waals surface area contributed by atoms with Crippen LogP contribution in [0.25, 0.3) is 0 Å². The van der Waals surface area contributed by atoms with Gasteiger partial charge in [-0.2, -0.15) is 0 Å². The topological polar surface area (TPSA) is 62.2 Å². The first-order valence-corrected chi connectivity index (χ1v) is 6.08. The van der Waals surface area contributed by atoms with Crippen molar-refractivity contribution in [3.63, 3.8) is 0 Å². The summed E-state index contributed by atoms with van der Waals surface area (Å²) in [5.74, 6) is -0.600. The number of nitrogens with zero attached hydrogens (tertiary/aromatic N) is 1. The second-order valence-corrected chi connectivity index (χ2v) is 4.39. The molecule has 0 saturated carbocycles. The Balaban J connectivity index is 2.77. The number of carboxylic acid groups (broad SMARTS) is 1. The van der Waals surface area contributed by atoms with E-state index in [1.807, 2.05) is 6.92 Å². The van der Waals surface area contributed by atoms with Crippen LogP contribution >= 0.6 is 11.6 Å². The van der Waals surface area contributed by atoms with Crippen molar-refractivity contribution in [1.82, 2.24) is 4.98 Å². The quantitative estimate of drug-likeness (QED) is 0.819. The Morgan fingerprint density at radius 2 is 2.35 bits per heavy atom. The van der Waals surface area contributed by atoms with Crippen molar-refractivity contribution in [3.8, 4) is 0 Å². The van der Waals surface area contributed by atoms with Gasteiger partial charge in [0.25, 0.3) is 0 Å². The Morgan fingerprint density at radius 1 is 1.65 bits per heavy atom. The number of anilines is 1. The normalized spacial score (nSPS) is 12.2. The fraction of sp³-hybridized carbons (Fsp3) is 0.500. The molecule has 0 amide bonds. The smallest absolute Gasteiger partial charge is 0.337 e. The Morgan fingerprint density at radius 3 is 2.94 bits per heavy atom. The Bertz CT molecular complexity index is 396. The number of carboxylic acids is 1. The number of rotatable bonds is 6. The lowest BCUT2D eigenvalue weighted by Crippen LogP contribution is -2.16. The van der Waals surface area contributed by atoms with Gasteiger partial charge < -0.3 is 10.4 Å². The van der Waals surface area contributed by atoms with Crippen molar-refractivity contribution in [2.75, 3.05) is 5.32 Å². The number of pyridine rings is 1. The van der Waals surface area contributed by atoms with Crippen molar-refractivity contribution >= 4 is 23.4 Å². The summed E-state index contributed by atoms with van der Waals surface area (Å²) in [5, 5.41) is 12.2. The number of hydrogen-bond donors (Lipinski definition) is 2. The zero-order valence-corrected chi connectivity index (χ0v) is 10.8. The molecule has 0 bridgehead atoms. The van der Waals surface area contributed by atoms with Gasteiger partial charge in [-0.1, -0.05) is 31.4 Å². The number of hydrogen-bond acceptors (Lipinski definition) is 3. The van der Waals surface area contributed by atoms with Crippen LogP contribution in [0.3, 0.4) is 0 Å². The van der Waals surface area contributed by atoms with E-state index in [-0.39, 0.29) is 16.6 Å². The van der Waals surface area contributed by atoms with E-state index in [9.17, 15) is 4.79 Å². The van der Waals surface area contributed by atoms with Gasteiger partial charge >= 0.3 is 5.97 Å². The number of aromatic nitrogens is 1. The molecule has 5 heteroatoms. The standard InChI is InChI=1S/C12H17ClN2O2/c1-3-4-5-8(2)15-11-10(13)9(12(16)17)6-7-14-11/h6-8H,3-5H2,1-2H3,(H,14,15)(H,16,17). The van der Waals surface area contributed by atoms with Crippen LogP contribution in [-0.2, 0) is 0 Å². The van der Waals surface area contributed by atoms with Gasteiger partial charge in [0.1, 0.15) is 5.82 Å². The molecular weight excluding hydrogens is 240 g/mol. The SMILES string of the molecule is CCCCC(C)Nc1nccc(C(=O)O)c1Cl. The van der Waals surface area contributed by atoms with Crippen LogP contribution in [0.4, 0.5) is 5.82 Å². The van der Waals surface area contributed by atoms with E-state index >= 15 is 0 Å². The number of nitrogens with one attached hydrogen (secondary N) is 1. The van der Waals surface area contributed by atoms with E-state index in [2.05, 4.69) is 17.2 Å². The minimum atomic E-state index is -1.04. The third-order valence-electron chi connectivity index (χ3n) is 2.49. The highest BCUT2D eigenvalue weighted by Gasteiger charge is 2.14. The molecule has 1 atom stereocenters. The summed E-state index contributed by atoms with van der Waals surface area (Å²) in [7, 11) is 0. The minimum Gasteiger partial charge on any atom is -0.478 e. The number of carbonyl (C=O) groups is 1. The average molecular weight is 257 g/mol. The van der Waals surface area contributed by atoms with Gasteiger partial charge in [-0.15, -0.1) is 0 Å². The van der Waals surface area contributed by atoms with E-state index in [0.29, 0.717) is 5.82 Å². The molecule has 1 rings (SSSR count). The van der Waals surface area contributed by atoms with Crippen LogP contribution in [-0.4, -0.2) is 22.1 Å². The molecule has 1 aromatic heterocycles. The van der Waals surface area contributed by atoms with Gasteiger partial charge in [0, 0.05) is 12.2 Å². The van der Waals surface area contributed by atoms with E-state index in [1.165, 1.54) is 12.3 Å². The van der Waals surface area contributed by atoms with Crippen LogP contribution in [0.1, 0.15) is 43.5 Å². The largest absolute Gasteiger partial charge is 0.478 e. The predicted octanol–water partition coefficient (Wildman–Crippen LogP) is 3.42. The van der Waals surface area contributed by atoms with Crippen LogP contribution in [0.15, 0.2) is 12.3 Å². The molecule has 0 aliphatic rings. The molecular formula is C12H17ClN2O2. The molecule has 0 aliphatic heterocycles. The number of aromatic carboxylic acids is 1. The molecule has 1 heterocycles. The predicted molar refractivity (Wildman–Crippen MR) is 68.8 cm³/mol. The third-order valence-corrected chi connectivity index (χ3v) is 2.88. The molecule has 0 spiro atoms. The third kappa shape index (κ3) is 3.89. The second kappa shape index (κ2) is 6.45. The molecule has 94 valence electrons. The maximum atomic E-state index is 10.9. The summed E-state index contributed by atoms with van der Waals surface area (Å²) in [5.41, 5.74) is 0.0758. The zero-order valence-electron chi connectivity index (χ0n) is 10.0. The van der Waals surface area contributed by atoms with Gasteiger partial charge in [-0.3, -0.25) is 0 Å².